The van der Waals surface area contributed by atoms with Gasteiger partial charge >= 0.3 is 0 Å². The molecule has 1 N–H and O–H groups in total. The highest BCUT2D eigenvalue weighted by atomic mass is 35.5. The van der Waals surface area contributed by atoms with E-state index in [2.05, 4.69) is 10.5 Å². The number of carbonyl (C=O) groups is 1. The van der Waals surface area contributed by atoms with Crippen LogP contribution in [0, 0.1) is 0 Å². The molecule has 0 saturated heterocycles. The zero-order valence-corrected chi connectivity index (χ0v) is 14.4. The number of nitrogens with zero attached hydrogens (tertiary/aromatic N) is 1. The molecule has 6 nitrogen and oxygen atoms in total. The van der Waals surface area contributed by atoms with E-state index in [9.17, 15) is 4.79 Å². The molecule has 0 aromatic heterocycles. The van der Waals surface area contributed by atoms with E-state index in [1.807, 2.05) is 6.92 Å². The summed E-state index contributed by atoms with van der Waals surface area (Å²) in [6, 6.07) is 10.3. The SMILES string of the molecule is CCOc1ccc(C(=O)N/N=C\c2cc(Cl)c3c(c2)OCCO3)cc1. The summed E-state index contributed by atoms with van der Waals surface area (Å²) in [4.78, 5) is 12.1. The van der Waals surface area contributed by atoms with E-state index in [4.69, 9.17) is 25.8 Å². The number of ether oxygens (including phenoxy) is 3. The fraction of sp³-hybridized carbons (Fsp3) is 0.222. The summed E-state index contributed by atoms with van der Waals surface area (Å²) >= 11 is 6.16. The molecule has 130 valence electrons. The van der Waals surface area contributed by atoms with Crippen molar-refractivity contribution in [2.75, 3.05) is 19.8 Å². The molecular formula is C18H17ClN2O4. The van der Waals surface area contributed by atoms with E-state index in [1.54, 1.807) is 36.4 Å². The molecule has 2 aromatic carbocycles. The van der Waals surface area contributed by atoms with Gasteiger partial charge < -0.3 is 14.2 Å². The molecule has 1 amide bonds. The van der Waals surface area contributed by atoms with Gasteiger partial charge in [-0.15, -0.1) is 0 Å². The van der Waals surface area contributed by atoms with Gasteiger partial charge in [0.2, 0.25) is 0 Å². The molecule has 0 aliphatic carbocycles. The van der Waals surface area contributed by atoms with Crippen LogP contribution in [0.4, 0.5) is 0 Å². The summed E-state index contributed by atoms with van der Waals surface area (Å²) in [5.74, 6) is 1.50. The third-order valence-corrected chi connectivity index (χ3v) is 3.71. The highest BCUT2D eigenvalue weighted by molar-refractivity contribution is 6.32. The molecule has 0 unspecified atom stereocenters. The van der Waals surface area contributed by atoms with Crippen LogP contribution in [-0.2, 0) is 0 Å². The molecular weight excluding hydrogens is 344 g/mol. The Morgan fingerprint density at radius 3 is 2.80 bits per heavy atom. The molecule has 0 spiro atoms. The zero-order chi connectivity index (χ0) is 17.6. The van der Waals surface area contributed by atoms with Gasteiger partial charge in [-0.05, 0) is 48.9 Å². The van der Waals surface area contributed by atoms with Crippen molar-refractivity contribution in [3.05, 3.63) is 52.5 Å². The minimum atomic E-state index is -0.317. The number of halogens is 1. The van der Waals surface area contributed by atoms with E-state index in [-0.39, 0.29) is 5.91 Å². The van der Waals surface area contributed by atoms with E-state index in [0.29, 0.717) is 53.2 Å². The number of carbonyl (C=O) groups excluding carboxylic acids is 1. The number of nitrogens with one attached hydrogen (secondary N) is 1. The minimum Gasteiger partial charge on any atom is -0.494 e. The second-order valence-corrected chi connectivity index (χ2v) is 5.59. The number of fused-ring (bicyclic) bond motifs is 1. The summed E-state index contributed by atoms with van der Waals surface area (Å²) in [7, 11) is 0. The first-order chi connectivity index (χ1) is 12.2. The number of amides is 1. The highest BCUT2D eigenvalue weighted by Gasteiger charge is 2.16. The normalized spacial score (nSPS) is 12.9. The smallest absolute Gasteiger partial charge is 0.271 e. The average Bonchev–Trinajstić information content (AvgIpc) is 2.62. The van der Waals surface area contributed by atoms with Crippen molar-refractivity contribution in [3.8, 4) is 17.2 Å². The van der Waals surface area contributed by atoms with Crippen molar-refractivity contribution in [1.29, 1.82) is 0 Å². The van der Waals surface area contributed by atoms with Crippen molar-refractivity contribution in [2.45, 2.75) is 6.92 Å². The Labute approximate surface area is 150 Å². The van der Waals surface area contributed by atoms with Gasteiger partial charge in [-0.25, -0.2) is 5.43 Å². The fourth-order valence-electron chi connectivity index (χ4n) is 2.30. The van der Waals surface area contributed by atoms with Gasteiger partial charge in [-0.3, -0.25) is 4.79 Å². The third-order valence-electron chi connectivity index (χ3n) is 3.43. The number of benzene rings is 2. The van der Waals surface area contributed by atoms with E-state index in [0.717, 1.165) is 0 Å². The molecule has 0 bridgehead atoms. The topological polar surface area (TPSA) is 69.2 Å². The van der Waals surface area contributed by atoms with Crippen LogP contribution in [0.5, 0.6) is 17.2 Å². The predicted octanol–water partition coefficient (Wildman–Crippen LogP) is 3.27. The van der Waals surface area contributed by atoms with Gasteiger partial charge in [0.15, 0.2) is 11.5 Å². The Hall–Kier alpha value is -2.73. The maximum atomic E-state index is 12.1. The van der Waals surface area contributed by atoms with Crippen molar-refractivity contribution >= 4 is 23.7 Å². The lowest BCUT2D eigenvalue weighted by Gasteiger charge is -2.19. The molecule has 7 heteroatoms. The molecule has 0 atom stereocenters. The lowest BCUT2D eigenvalue weighted by atomic mass is 10.2. The summed E-state index contributed by atoms with van der Waals surface area (Å²) in [6.45, 7) is 3.42. The van der Waals surface area contributed by atoms with Crippen molar-refractivity contribution < 1.29 is 19.0 Å². The largest absolute Gasteiger partial charge is 0.494 e. The molecule has 0 radical (unpaired) electrons. The fourth-order valence-corrected chi connectivity index (χ4v) is 2.58. The maximum Gasteiger partial charge on any atom is 0.271 e. The Morgan fingerprint density at radius 1 is 1.28 bits per heavy atom. The molecule has 1 aliphatic heterocycles. The molecule has 2 aromatic rings. The first kappa shape index (κ1) is 17.1. The number of hydrogen-bond acceptors (Lipinski definition) is 5. The molecule has 0 fully saturated rings. The predicted molar refractivity (Wildman–Crippen MR) is 95.1 cm³/mol. The molecule has 1 aliphatic rings. The number of rotatable bonds is 5. The van der Waals surface area contributed by atoms with Crippen LogP contribution in [0.3, 0.4) is 0 Å². The van der Waals surface area contributed by atoms with Crippen molar-refractivity contribution in [3.63, 3.8) is 0 Å². The Kier molecular flexibility index (Phi) is 5.40. The maximum absolute atomic E-state index is 12.1. The van der Waals surface area contributed by atoms with Gasteiger partial charge in [0.1, 0.15) is 19.0 Å². The third kappa shape index (κ3) is 4.22. The van der Waals surface area contributed by atoms with Gasteiger partial charge in [0.25, 0.3) is 5.91 Å². The van der Waals surface area contributed by atoms with Gasteiger partial charge in [-0.2, -0.15) is 5.10 Å². The Bertz CT molecular complexity index is 790. The molecule has 1 heterocycles. The van der Waals surface area contributed by atoms with Crippen molar-refractivity contribution in [1.82, 2.24) is 5.43 Å². The zero-order valence-electron chi connectivity index (χ0n) is 13.6. The summed E-state index contributed by atoms with van der Waals surface area (Å²) in [5, 5.41) is 4.40. The van der Waals surface area contributed by atoms with Crippen molar-refractivity contribution in [2.24, 2.45) is 5.10 Å². The number of hydrogen-bond donors (Lipinski definition) is 1. The van der Waals surface area contributed by atoms with Gasteiger partial charge in [0.05, 0.1) is 17.8 Å². The van der Waals surface area contributed by atoms with Crippen LogP contribution in [0.2, 0.25) is 5.02 Å². The molecule has 0 saturated carbocycles. The standard InChI is InChI=1S/C18H17ClN2O4/c1-2-23-14-5-3-13(4-6-14)18(22)21-20-11-12-9-15(19)17-16(10-12)24-7-8-25-17/h3-6,9-11H,2,7-8H2,1H3,(H,21,22)/b20-11-. The summed E-state index contributed by atoms with van der Waals surface area (Å²) < 4.78 is 16.3. The van der Waals surface area contributed by atoms with Crippen LogP contribution in [0.1, 0.15) is 22.8 Å². The molecule has 25 heavy (non-hydrogen) atoms. The summed E-state index contributed by atoms with van der Waals surface area (Å²) in [5.41, 5.74) is 3.66. The Balaban J connectivity index is 1.64. The average molecular weight is 361 g/mol. The first-order valence-corrected chi connectivity index (χ1v) is 8.20. The van der Waals surface area contributed by atoms with Gasteiger partial charge in [-0.1, -0.05) is 11.6 Å². The van der Waals surface area contributed by atoms with E-state index < -0.39 is 0 Å². The van der Waals surface area contributed by atoms with Crippen LogP contribution < -0.4 is 19.6 Å². The van der Waals surface area contributed by atoms with Crippen LogP contribution in [-0.4, -0.2) is 31.9 Å². The minimum absolute atomic E-state index is 0.317. The first-order valence-electron chi connectivity index (χ1n) is 7.83. The van der Waals surface area contributed by atoms with Crippen LogP contribution >= 0.6 is 11.6 Å². The van der Waals surface area contributed by atoms with Gasteiger partial charge in [0, 0.05) is 5.56 Å². The van der Waals surface area contributed by atoms with Crippen LogP contribution in [0.15, 0.2) is 41.5 Å². The molecule has 3 rings (SSSR count). The quantitative estimate of drug-likeness (QED) is 0.656. The monoisotopic (exact) mass is 360 g/mol. The second-order valence-electron chi connectivity index (χ2n) is 5.18. The second kappa shape index (κ2) is 7.90. The number of hydrazone groups is 1. The van der Waals surface area contributed by atoms with E-state index >= 15 is 0 Å². The Morgan fingerprint density at radius 2 is 2.04 bits per heavy atom. The summed E-state index contributed by atoms with van der Waals surface area (Å²) in [6.07, 6.45) is 1.50. The lowest BCUT2D eigenvalue weighted by Crippen LogP contribution is -2.18. The van der Waals surface area contributed by atoms with Crippen LogP contribution in [0.25, 0.3) is 0 Å². The lowest BCUT2D eigenvalue weighted by molar-refractivity contribution is 0.0955. The highest BCUT2D eigenvalue weighted by Crippen LogP contribution is 2.37. The van der Waals surface area contributed by atoms with E-state index in [1.165, 1.54) is 6.21 Å².